The maximum atomic E-state index is 15.6. The van der Waals surface area contributed by atoms with Gasteiger partial charge in [-0.3, -0.25) is 0 Å². The molecule has 0 bridgehead atoms. The number of rotatable bonds is 3. The standard InChI is InChI=1S/C40H26F6N2/c1-23-15-17-35-29(19-23)27-10-4-7-13-33(27)47(35)37-22-25(26-9-3-6-12-31(26)39(41,42)43)21-32(40(44,45)46)38(37)48-34-14-8-5-11-28(34)30-20-24(2)16-18-36(30)48/h3-22H,1-2H3. The van der Waals surface area contributed by atoms with Gasteiger partial charge in [0.2, 0.25) is 0 Å². The molecule has 0 unspecified atom stereocenters. The first-order valence-corrected chi connectivity index (χ1v) is 15.3. The van der Waals surface area contributed by atoms with E-state index in [1.165, 1.54) is 24.3 Å². The van der Waals surface area contributed by atoms with Crippen LogP contribution in [0, 0.1) is 13.8 Å². The van der Waals surface area contributed by atoms with Crippen LogP contribution < -0.4 is 0 Å². The van der Waals surface area contributed by atoms with E-state index in [1.807, 2.05) is 74.5 Å². The molecule has 0 saturated carbocycles. The van der Waals surface area contributed by atoms with Crippen molar-refractivity contribution in [1.82, 2.24) is 9.13 Å². The first-order valence-electron chi connectivity index (χ1n) is 15.3. The summed E-state index contributed by atoms with van der Waals surface area (Å²) in [6.07, 6.45) is -9.73. The molecule has 2 aromatic heterocycles. The molecule has 0 atom stereocenters. The summed E-state index contributed by atoms with van der Waals surface area (Å²) >= 11 is 0. The van der Waals surface area contributed by atoms with Gasteiger partial charge in [-0.25, -0.2) is 0 Å². The minimum absolute atomic E-state index is 0.107. The lowest BCUT2D eigenvalue weighted by molar-refractivity contribution is -0.137. The molecule has 8 rings (SSSR count). The Labute approximate surface area is 271 Å². The third-order valence-electron chi connectivity index (χ3n) is 9.06. The normalized spacial score (nSPS) is 12.6. The van der Waals surface area contributed by atoms with E-state index in [1.54, 1.807) is 33.4 Å². The Balaban J connectivity index is 1.63. The molecular formula is C40H26F6N2. The molecule has 0 spiro atoms. The fourth-order valence-electron chi connectivity index (χ4n) is 7.05. The monoisotopic (exact) mass is 648 g/mol. The molecule has 0 fully saturated rings. The number of aryl methyl sites for hydroxylation is 2. The molecule has 0 radical (unpaired) electrons. The van der Waals surface area contributed by atoms with Crippen molar-refractivity contribution in [3.8, 4) is 22.5 Å². The average molecular weight is 649 g/mol. The van der Waals surface area contributed by atoms with Crippen molar-refractivity contribution in [2.75, 3.05) is 0 Å². The van der Waals surface area contributed by atoms with Gasteiger partial charge < -0.3 is 9.13 Å². The Morgan fingerprint density at radius 3 is 1.50 bits per heavy atom. The summed E-state index contributed by atoms with van der Waals surface area (Å²) < 4.78 is 93.2. The Hall–Kier alpha value is -5.50. The van der Waals surface area contributed by atoms with Gasteiger partial charge in [0.05, 0.1) is 44.6 Å². The second-order valence-electron chi connectivity index (χ2n) is 12.2. The Kier molecular flexibility index (Phi) is 6.54. The molecule has 238 valence electrons. The van der Waals surface area contributed by atoms with Gasteiger partial charge >= 0.3 is 12.4 Å². The molecule has 0 aliphatic heterocycles. The van der Waals surface area contributed by atoms with E-state index >= 15 is 13.2 Å². The van der Waals surface area contributed by atoms with E-state index in [0.717, 1.165) is 44.8 Å². The highest BCUT2D eigenvalue weighted by Crippen LogP contribution is 2.47. The van der Waals surface area contributed by atoms with Crippen LogP contribution in [-0.2, 0) is 12.4 Å². The van der Waals surface area contributed by atoms with Gasteiger partial charge in [-0.1, -0.05) is 77.9 Å². The highest BCUT2D eigenvalue weighted by Gasteiger charge is 2.39. The molecule has 0 saturated heterocycles. The largest absolute Gasteiger partial charge is 0.418 e. The van der Waals surface area contributed by atoms with Crippen LogP contribution in [0.25, 0.3) is 66.1 Å². The molecular weight excluding hydrogens is 622 g/mol. The summed E-state index contributed by atoms with van der Waals surface area (Å²) in [5, 5.41) is 3.17. The number of benzene rings is 6. The van der Waals surface area contributed by atoms with Gasteiger partial charge in [0.25, 0.3) is 0 Å². The number of hydrogen-bond donors (Lipinski definition) is 0. The number of para-hydroxylation sites is 2. The van der Waals surface area contributed by atoms with Gasteiger partial charge in [-0.2, -0.15) is 26.3 Å². The van der Waals surface area contributed by atoms with Crippen LogP contribution in [0.5, 0.6) is 0 Å². The van der Waals surface area contributed by atoms with Crippen LogP contribution in [0.4, 0.5) is 26.3 Å². The summed E-state index contributed by atoms with van der Waals surface area (Å²) in [5.74, 6) is 0. The molecule has 6 aromatic carbocycles. The zero-order valence-corrected chi connectivity index (χ0v) is 25.7. The fraction of sp³-hybridized carbons (Fsp3) is 0.100. The predicted molar refractivity (Wildman–Crippen MR) is 180 cm³/mol. The molecule has 0 aliphatic rings. The maximum Gasteiger partial charge on any atom is 0.418 e. The van der Waals surface area contributed by atoms with Crippen molar-refractivity contribution in [2.24, 2.45) is 0 Å². The van der Waals surface area contributed by atoms with E-state index < -0.39 is 23.5 Å². The van der Waals surface area contributed by atoms with Crippen molar-refractivity contribution < 1.29 is 26.3 Å². The van der Waals surface area contributed by atoms with E-state index in [9.17, 15) is 13.2 Å². The first kappa shape index (κ1) is 29.9. The van der Waals surface area contributed by atoms with Crippen molar-refractivity contribution >= 4 is 43.6 Å². The number of alkyl halides is 6. The van der Waals surface area contributed by atoms with Crippen LogP contribution >= 0.6 is 0 Å². The topological polar surface area (TPSA) is 9.86 Å². The van der Waals surface area contributed by atoms with E-state index in [4.69, 9.17) is 0 Å². The van der Waals surface area contributed by atoms with Crippen molar-refractivity contribution in [3.05, 3.63) is 144 Å². The molecule has 8 aromatic rings. The molecule has 2 heterocycles. The third kappa shape index (κ3) is 4.58. The highest BCUT2D eigenvalue weighted by atomic mass is 19.4. The summed E-state index contributed by atoms with van der Waals surface area (Å²) in [4.78, 5) is 0. The van der Waals surface area contributed by atoms with E-state index in [-0.39, 0.29) is 22.5 Å². The zero-order chi connectivity index (χ0) is 33.5. The molecule has 2 nitrogen and oxygen atoms in total. The van der Waals surface area contributed by atoms with Crippen molar-refractivity contribution in [3.63, 3.8) is 0 Å². The predicted octanol–water partition coefficient (Wildman–Crippen LogP) is 12.2. The smallest absolute Gasteiger partial charge is 0.307 e. The second kappa shape index (κ2) is 10.5. The summed E-state index contributed by atoms with van der Waals surface area (Å²) in [6, 6.07) is 33.1. The molecule has 48 heavy (non-hydrogen) atoms. The third-order valence-corrected chi connectivity index (χ3v) is 9.06. The number of nitrogens with zero attached hydrogens (tertiary/aromatic N) is 2. The number of aromatic nitrogens is 2. The highest BCUT2D eigenvalue weighted by molar-refractivity contribution is 6.12. The molecule has 0 N–H and O–H groups in total. The van der Waals surface area contributed by atoms with Crippen LogP contribution in [0.1, 0.15) is 22.3 Å². The lowest BCUT2D eigenvalue weighted by Gasteiger charge is -2.24. The maximum absolute atomic E-state index is 15.6. The van der Waals surface area contributed by atoms with E-state index in [2.05, 4.69) is 0 Å². The van der Waals surface area contributed by atoms with Crippen molar-refractivity contribution in [1.29, 1.82) is 0 Å². The summed E-state index contributed by atoms with van der Waals surface area (Å²) in [7, 11) is 0. The van der Waals surface area contributed by atoms with Crippen LogP contribution in [0.15, 0.2) is 121 Å². The second-order valence-corrected chi connectivity index (χ2v) is 12.2. The zero-order valence-electron chi connectivity index (χ0n) is 25.7. The summed E-state index contributed by atoms with van der Waals surface area (Å²) in [5.41, 5.74) is 1.62. The van der Waals surface area contributed by atoms with Gasteiger partial charge in [-0.15, -0.1) is 0 Å². The SMILES string of the molecule is Cc1ccc2c(c1)c1ccccc1n2-c1cc(-c2ccccc2C(F)(F)F)cc(C(F)(F)F)c1-n1c2ccccc2c2cc(C)ccc21. The van der Waals surface area contributed by atoms with Gasteiger partial charge in [0, 0.05) is 21.5 Å². The van der Waals surface area contributed by atoms with Gasteiger partial charge in [0.1, 0.15) is 0 Å². The lowest BCUT2D eigenvalue weighted by Crippen LogP contribution is -2.15. The number of fused-ring (bicyclic) bond motifs is 6. The molecule has 0 amide bonds. The van der Waals surface area contributed by atoms with E-state index in [0.29, 0.717) is 22.1 Å². The fourth-order valence-corrected chi connectivity index (χ4v) is 7.05. The Morgan fingerprint density at radius 2 is 0.917 bits per heavy atom. The number of hydrogen-bond acceptors (Lipinski definition) is 0. The van der Waals surface area contributed by atoms with Gasteiger partial charge in [0.15, 0.2) is 0 Å². The van der Waals surface area contributed by atoms with Crippen molar-refractivity contribution in [2.45, 2.75) is 26.2 Å². The van der Waals surface area contributed by atoms with Crippen LogP contribution in [0.2, 0.25) is 0 Å². The quantitative estimate of drug-likeness (QED) is 0.169. The average Bonchev–Trinajstić information content (AvgIpc) is 3.55. The lowest BCUT2D eigenvalue weighted by atomic mass is 9.95. The van der Waals surface area contributed by atoms with Gasteiger partial charge in [-0.05, 0) is 79.6 Å². The summed E-state index contributed by atoms with van der Waals surface area (Å²) in [6.45, 7) is 3.86. The van der Waals surface area contributed by atoms with Crippen LogP contribution in [0.3, 0.4) is 0 Å². The minimum atomic E-state index is -4.94. The molecule has 0 aliphatic carbocycles. The Bertz CT molecular complexity index is 2560. The number of halogens is 6. The minimum Gasteiger partial charge on any atom is -0.307 e. The first-order chi connectivity index (χ1) is 22.9. The molecule has 8 heteroatoms. The van der Waals surface area contributed by atoms with Crippen LogP contribution in [-0.4, -0.2) is 9.13 Å². The Morgan fingerprint density at radius 1 is 0.438 bits per heavy atom.